The highest BCUT2D eigenvalue weighted by Crippen LogP contribution is 2.28. The molecule has 7 heteroatoms. The van der Waals surface area contributed by atoms with Gasteiger partial charge >= 0.3 is 0 Å². The minimum absolute atomic E-state index is 0.104. The van der Waals surface area contributed by atoms with Gasteiger partial charge in [-0.05, 0) is 18.6 Å². The Morgan fingerprint density at radius 1 is 1.00 bits per heavy atom. The van der Waals surface area contributed by atoms with Crippen LogP contribution in [-0.2, 0) is 16.1 Å². The smallest absolute Gasteiger partial charge is 0.126 e. The molecular formula is C20H21N2O5-. The van der Waals surface area contributed by atoms with Gasteiger partial charge in [-0.2, -0.15) is 0 Å². The van der Waals surface area contributed by atoms with E-state index in [0.29, 0.717) is 6.54 Å². The van der Waals surface area contributed by atoms with Gasteiger partial charge in [-0.25, -0.2) is 0 Å². The number of hydrogen-bond donors (Lipinski definition) is 2. The molecule has 0 aliphatic rings. The monoisotopic (exact) mass is 369 g/mol. The van der Waals surface area contributed by atoms with Crippen molar-refractivity contribution in [2.75, 3.05) is 6.54 Å². The Balaban J connectivity index is 1.74. The first-order valence-electron chi connectivity index (χ1n) is 8.85. The van der Waals surface area contributed by atoms with Gasteiger partial charge in [0.15, 0.2) is 0 Å². The second-order valence-corrected chi connectivity index (χ2v) is 6.61. The molecule has 0 aliphatic carbocycles. The maximum atomic E-state index is 11.1. The summed E-state index contributed by atoms with van der Waals surface area (Å²) >= 11 is 0. The fourth-order valence-corrected chi connectivity index (χ4v) is 3.41. The van der Waals surface area contributed by atoms with Crippen molar-refractivity contribution in [1.82, 2.24) is 4.57 Å². The molecule has 0 bridgehead atoms. The third-order valence-electron chi connectivity index (χ3n) is 4.73. The van der Waals surface area contributed by atoms with Gasteiger partial charge in [0, 0.05) is 34.2 Å². The Hall–Kier alpha value is -2.90. The van der Waals surface area contributed by atoms with Crippen LogP contribution in [0, 0.1) is 0 Å². The molecule has 0 amide bonds. The number of carbonyl (C=O) groups is 2. The fourth-order valence-electron chi connectivity index (χ4n) is 3.41. The van der Waals surface area contributed by atoms with Crippen molar-refractivity contribution < 1.29 is 30.2 Å². The predicted octanol–water partition coefficient (Wildman–Crippen LogP) is -1.63. The summed E-state index contributed by atoms with van der Waals surface area (Å²) in [6, 6.07) is 14.8. The molecule has 2 aromatic carbocycles. The number of para-hydroxylation sites is 2. The van der Waals surface area contributed by atoms with Gasteiger partial charge < -0.3 is 34.8 Å². The van der Waals surface area contributed by atoms with Gasteiger partial charge in [-0.1, -0.05) is 36.4 Å². The lowest BCUT2D eigenvalue weighted by Gasteiger charge is -2.19. The molecule has 0 radical (unpaired) electrons. The third-order valence-corrected chi connectivity index (χ3v) is 4.73. The van der Waals surface area contributed by atoms with Gasteiger partial charge in [0.25, 0.3) is 0 Å². The van der Waals surface area contributed by atoms with Gasteiger partial charge in [0.1, 0.15) is 18.7 Å². The number of carboxylic acids is 2. The van der Waals surface area contributed by atoms with Crippen molar-refractivity contribution in [3.63, 3.8) is 0 Å². The zero-order valence-corrected chi connectivity index (χ0v) is 14.7. The van der Waals surface area contributed by atoms with Crippen LogP contribution in [0.1, 0.15) is 12.8 Å². The summed E-state index contributed by atoms with van der Waals surface area (Å²) in [7, 11) is 0. The van der Waals surface area contributed by atoms with E-state index in [9.17, 15) is 24.9 Å². The number of quaternary nitrogens is 1. The highest BCUT2D eigenvalue weighted by Gasteiger charge is 2.18. The second-order valence-electron chi connectivity index (χ2n) is 6.61. The van der Waals surface area contributed by atoms with E-state index in [1.165, 1.54) is 5.32 Å². The van der Waals surface area contributed by atoms with Crippen LogP contribution in [0.5, 0.6) is 0 Å². The van der Waals surface area contributed by atoms with Crippen LogP contribution in [0.25, 0.3) is 21.8 Å². The van der Waals surface area contributed by atoms with E-state index < -0.39 is 24.1 Å². The number of aliphatic carboxylic acids is 2. The summed E-state index contributed by atoms with van der Waals surface area (Å²) in [6.07, 6.45) is -1.28. The summed E-state index contributed by atoms with van der Waals surface area (Å²) < 4.78 is 2.01. The number of benzene rings is 2. The van der Waals surface area contributed by atoms with Crippen molar-refractivity contribution in [2.24, 2.45) is 0 Å². The highest BCUT2D eigenvalue weighted by molar-refractivity contribution is 6.07. The van der Waals surface area contributed by atoms with Crippen molar-refractivity contribution in [3.05, 3.63) is 48.5 Å². The minimum Gasteiger partial charge on any atom is -0.550 e. The van der Waals surface area contributed by atoms with Crippen molar-refractivity contribution in [3.8, 4) is 0 Å². The normalized spacial score (nSPS) is 13.7. The maximum Gasteiger partial charge on any atom is 0.126 e. The zero-order valence-electron chi connectivity index (χ0n) is 14.7. The number of hydrogen-bond acceptors (Lipinski definition) is 5. The van der Waals surface area contributed by atoms with Crippen LogP contribution in [0.4, 0.5) is 0 Å². The topological polar surface area (TPSA) is 122 Å². The molecule has 7 nitrogen and oxygen atoms in total. The molecule has 0 spiro atoms. The molecule has 0 fully saturated rings. The van der Waals surface area contributed by atoms with E-state index >= 15 is 0 Å². The Morgan fingerprint density at radius 3 is 2.07 bits per heavy atom. The lowest BCUT2D eigenvalue weighted by atomic mass is 10.1. The Kier molecular flexibility index (Phi) is 5.73. The van der Waals surface area contributed by atoms with Crippen molar-refractivity contribution in [1.29, 1.82) is 0 Å². The van der Waals surface area contributed by atoms with Gasteiger partial charge in [-0.3, -0.25) is 0 Å². The number of carboxylic acid groups (broad SMARTS) is 2. The van der Waals surface area contributed by atoms with Gasteiger partial charge in [0.2, 0.25) is 0 Å². The number of carbonyl (C=O) groups excluding carboxylic acids is 2. The summed E-state index contributed by atoms with van der Waals surface area (Å²) in [4.78, 5) is 21.7. The summed E-state index contributed by atoms with van der Waals surface area (Å²) in [5.74, 6) is -2.65. The quantitative estimate of drug-likeness (QED) is 0.469. The first-order chi connectivity index (χ1) is 13.0. The Bertz CT molecular complexity index is 912. The molecule has 0 saturated carbocycles. The molecule has 3 rings (SSSR count). The van der Waals surface area contributed by atoms with Gasteiger partial charge in [-0.15, -0.1) is 0 Å². The van der Waals surface area contributed by atoms with Crippen molar-refractivity contribution >= 4 is 33.7 Å². The van der Waals surface area contributed by atoms with E-state index in [1.54, 1.807) is 0 Å². The van der Waals surface area contributed by atoms with Gasteiger partial charge in [0.05, 0.1) is 12.5 Å². The van der Waals surface area contributed by atoms with Crippen LogP contribution < -0.4 is 15.5 Å². The number of aromatic nitrogens is 1. The molecule has 1 heterocycles. The van der Waals surface area contributed by atoms with Crippen molar-refractivity contribution in [2.45, 2.75) is 31.5 Å². The van der Waals surface area contributed by atoms with Crippen LogP contribution in [0.3, 0.4) is 0 Å². The summed E-state index contributed by atoms with van der Waals surface area (Å²) in [5, 5.41) is 35.7. The van der Waals surface area contributed by atoms with E-state index in [-0.39, 0.29) is 19.4 Å². The predicted molar refractivity (Wildman–Crippen MR) is 95.3 cm³/mol. The molecule has 3 aromatic rings. The van der Waals surface area contributed by atoms with Crippen LogP contribution in [0.2, 0.25) is 0 Å². The summed E-state index contributed by atoms with van der Waals surface area (Å²) in [6.45, 7) is 0.414. The van der Waals surface area contributed by atoms with E-state index in [0.717, 1.165) is 21.8 Å². The molecule has 2 atom stereocenters. The Labute approximate surface area is 155 Å². The molecular weight excluding hydrogens is 348 g/mol. The van der Waals surface area contributed by atoms with Crippen LogP contribution in [-0.4, -0.2) is 40.3 Å². The highest BCUT2D eigenvalue weighted by atomic mass is 16.4. The molecule has 27 heavy (non-hydrogen) atoms. The van der Waals surface area contributed by atoms with E-state index in [2.05, 4.69) is 0 Å². The van der Waals surface area contributed by atoms with E-state index in [1.807, 2.05) is 53.1 Å². The number of nitrogens with zero attached hydrogens (tertiary/aromatic N) is 1. The third kappa shape index (κ3) is 4.27. The van der Waals surface area contributed by atoms with Crippen LogP contribution >= 0.6 is 0 Å². The Morgan fingerprint density at radius 2 is 1.56 bits per heavy atom. The number of rotatable bonds is 9. The first-order valence-corrected chi connectivity index (χ1v) is 8.85. The standard InChI is InChI=1S/C20H22N2O5/c23-13(11-21-16(20(26)27)9-10-19(24)25)12-22-17-7-3-1-5-14(17)15-6-2-4-8-18(15)22/h1-8,13,16,21,23H,9-12H2,(H,24,25)(H,26,27)/p-1/t13-,16+/m0/s1. The lowest BCUT2D eigenvalue weighted by Crippen LogP contribution is -2.94. The largest absolute Gasteiger partial charge is 0.550 e. The average molecular weight is 369 g/mol. The van der Waals surface area contributed by atoms with Crippen LogP contribution in [0.15, 0.2) is 48.5 Å². The number of nitrogens with two attached hydrogens (primary N) is 1. The average Bonchev–Trinajstić information content (AvgIpc) is 2.95. The first kappa shape index (κ1) is 18.9. The molecule has 3 N–H and O–H groups in total. The molecule has 0 unspecified atom stereocenters. The SMILES string of the molecule is O=C([O-])CC[C@@H]([NH2+]C[C@H](O)Cn1c2ccccc2c2ccccc21)C(=O)[O-]. The molecule has 0 aliphatic heterocycles. The molecule has 0 saturated heterocycles. The number of fused-ring (bicyclic) bond motifs is 3. The summed E-state index contributed by atoms with van der Waals surface area (Å²) in [5.41, 5.74) is 1.98. The zero-order chi connectivity index (χ0) is 19.4. The number of aliphatic hydroxyl groups excluding tert-OH is 1. The lowest BCUT2D eigenvalue weighted by molar-refractivity contribution is -0.689. The number of aliphatic hydroxyl groups is 1. The molecule has 1 aromatic heterocycles. The minimum atomic E-state index is -1.35. The maximum absolute atomic E-state index is 11.1. The van der Waals surface area contributed by atoms with E-state index in [4.69, 9.17) is 0 Å². The fraction of sp³-hybridized carbons (Fsp3) is 0.300. The molecule has 142 valence electrons. The second kappa shape index (κ2) is 8.20.